The zero-order valence-corrected chi connectivity index (χ0v) is 8.29. The van der Waals surface area contributed by atoms with Gasteiger partial charge in [-0.25, -0.2) is 0 Å². The number of aryl methyl sites for hydroxylation is 1. The summed E-state index contributed by atoms with van der Waals surface area (Å²) in [4.78, 5) is 11.3. The molecule has 14 heavy (non-hydrogen) atoms. The number of benzene rings is 1. The van der Waals surface area contributed by atoms with E-state index >= 15 is 0 Å². The standard InChI is InChI=1S/C11H15NO2/c1-9-3-2-4-10(7-9)8-11(14)12-5-6-13/h2-4,7,13H,5-6,8H2,1H3,(H,12,14). The van der Waals surface area contributed by atoms with E-state index in [0.29, 0.717) is 13.0 Å². The number of nitrogens with one attached hydrogen (secondary N) is 1. The fraction of sp³-hybridized carbons (Fsp3) is 0.364. The Kier molecular flexibility index (Phi) is 4.13. The molecule has 3 heteroatoms. The highest BCUT2D eigenvalue weighted by molar-refractivity contribution is 5.78. The molecule has 0 heterocycles. The molecule has 1 aromatic carbocycles. The van der Waals surface area contributed by atoms with Crippen molar-refractivity contribution in [1.29, 1.82) is 0 Å². The number of aliphatic hydroxyl groups excluding tert-OH is 1. The third kappa shape index (κ3) is 3.58. The Labute approximate surface area is 83.8 Å². The monoisotopic (exact) mass is 193 g/mol. The van der Waals surface area contributed by atoms with Crippen LogP contribution in [0.15, 0.2) is 24.3 Å². The smallest absolute Gasteiger partial charge is 0.224 e. The quantitative estimate of drug-likeness (QED) is 0.737. The molecule has 0 saturated heterocycles. The lowest BCUT2D eigenvalue weighted by molar-refractivity contribution is -0.120. The van der Waals surface area contributed by atoms with Gasteiger partial charge in [-0.3, -0.25) is 4.79 Å². The van der Waals surface area contributed by atoms with Crippen LogP contribution in [-0.2, 0) is 11.2 Å². The van der Waals surface area contributed by atoms with Crippen molar-refractivity contribution in [3.63, 3.8) is 0 Å². The lowest BCUT2D eigenvalue weighted by Gasteiger charge is -2.03. The normalized spacial score (nSPS) is 9.86. The van der Waals surface area contributed by atoms with Gasteiger partial charge in [0, 0.05) is 6.54 Å². The maximum atomic E-state index is 11.3. The van der Waals surface area contributed by atoms with E-state index in [2.05, 4.69) is 5.32 Å². The summed E-state index contributed by atoms with van der Waals surface area (Å²) in [5.74, 6) is -0.0512. The van der Waals surface area contributed by atoms with Crippen molar-refractivity contribution in [1.82, 2.24) is 5.32 Å². The first-order valence-corrected chi connectivity index (χ1v) is 4.65. The molecule has 0 fully saturated rings. The van der Waals surface area contributed by atoms with Crippen LogP contribution in [0.3, 0.4) is 0 Å². The van der Waals surface area contributed by atoms with Gasteiger partial charge in [-0.2, -0.15) is 0 Å². The highest BCUT2D eigenvalue weighted by Crippen LogP contribution is 2.04. The SMILES string of the molecule is Cc1cccc(CC(=O)NCCO)c1. The first-order chi connectivity index (χ1) is 6.72. The topological polar surface area (TPSA) is 49.3 Å². The summed E-state index contributed by atoms with van der Waals surface area (Å²) < 4.78 is 0. The molecule has 0 aromatic heterocycles. The Morgan fingerprint density at radius 2 is 2.29 bits per heavy atom. The van der Waals surface area contributed by atoms with E-state index in [4.69, 9.17) is 5.11 Å². The van der Waals surface area contributed by atoms with Gasteiger partial charge >= 0.3 is 0 Å². The summed E-state index contributed by atoms with van der Waals surface area (Å²) in [5, 5.41) is 11.1. The van der Waals surface area contributed by atoms with Gasteiger partial charge < -0.3 is 10.4 Å². The van der Waals surface area contributed by atoms with Gasteiger partial charge in [-0.1, -0.05) is 29.8 Å². The fourth-order valence-electron chi connectivity index (χ4n) is 1.27. The minimum atomic E-state index is -0.0512. The first kappa shape index (κ1) is 10.7. The predicted octanol–water partition coefficient (Wildman–Crippen LogP) is 0.646. The van der Waals surface area contributed by atoms with E-state index in [-0.39, 0.29) is 12.5 Å². The summed E-state index contributed by atoms with van der Waals surface area (Å²) >= 11 is 0. The molecule has 3 nitrogen and oxygen atoms in total. The first-order valence-electron chi connectivity index (χ1n) is 4.65. The molecule has 1 amide bonds. The van der Waals surface area contributed by atoms with Gasteiger partial charge in [0.2, 0.25) is 5.91 Å². The van der Waals surface area contributed by atoms with Gasteiger partial charge in [0.1, 0.15) is 0 Å². The van der Waals surface area contributed by atoms with Crippen molar-refractivity contribution in [2.75, 3.05) is 13.2 Å². The number of amides is 1. The second kappa shape index (κ2) is 5.40. The number of carbonyl (C=O) groups is 1. The number of carbonyl (C=O) groups excluding carboxylic acids is 1. The Bertz CT molecular complexity index is 310. The Morgan fingerprint density at radius 1 is 1.50 bits per heavy atom. The van der Waals surface area contributed by atoms with Crippen LogP contribution >= 0.6 is 0 Å². The fourth-order valence-corrected chi connectivity index (χ4v) is 1.27. The Morgan fingerprint density at radius 3 is 2.93 bits per heavy atom. The predicted molar refractivity (Wildman–Crippen MR) is 55.0 cm³/mol. The molecule has 0 aliphatic heterocycles. The third-order valence-electron chi connectivity index (χ3n) is 1.88. The Hall–Kier alpha value is -1.35. The second-order valence-corrected chi connectivity index (χ2v) is 3.24. The van der Waals surface area contributed by atoms with Crippen LogP contribution in [0.5, 0.6) is 0 Å². The molecule has 1 rings (SSSR count). The van der Waals surface area contributed by atoms with Crippen LogP contribution in [0, 0.1) is 6.92 Å². The maximum Gasteiger partial charge on any atom is 0.224 e. The van der Waals surface area contributed by atoms with Crippen molar-refractivity contribution < 1.29 is 9.90 Å². The minimum absolute atomic E-state index is 0.0143. The second-order valence-electron chi connectivity index (χ2n) is 3.24. The molecular weight excluding hydrogens is 178 g/mol. The van der Waals surface area contributed by atoms with Gasteiger partial charge in [0.15, 0.2) is 0 Å². The highest BCUT2D eigenvalue weighted by atomic mass is 16.3. The average Bonchev–Trinajstić information content (AvgIpc) is 2.15. The zero-order valence-electron chi connectivity index (χ0n) is 8.29. The zero-order chi connectivity index (χ0) is 10.4. The van der Waals surface area contributed by atoms with Crippen molar-refractivity contribution in [2.24, 2.45) is 0 Å². The number of rotatable bonds is 4. The molecular formula is C11H15NO2. The van der Waals surface area contributed by atoms with Crippen LogP contribution < -0.4 is 5.32 Å². The molecule has 0 aliphatic rings. The third-order valence-corrected chi connectivity index (χ3v) is 1.88. The summed E-state index contributed by atoms with van der Waals surface area (Å²) in [5.41, 5.74) is 2.15. The lowest BCUT2D eigenvalue weighted by Crippen LogP contribution is -2.27. The summed E-state index contributed by atoms with van der Waals surface area (Å²) in [6, 6.07) is 7.84. The van der Waals surface area contributed by atoms with Crippen LogP contribution in [-0.4, -0.2) is 24.2 Å². The molecule has 1 aromatic rings. The molecule has 76 valence electrons. The van der Waals surface area contributed by atoms with Crippen molar-refractivity contribution in [3.05, 3.63) is 35.4 Å². The molecule has 2 N–H and O–H groups in total. The van der Waals surface area contributed by atoms with E-state index in [1.807, 2.05) is 31.2 Å². The molecule has 0 bridgehead atoms. The summed E-state index contributed by atoms with van der Waals surface area (Å²) in [6.07, 6.45) is 0.377. The van der Waals surface area contributed by atoms with Gasteiger partial charge in [0.25, 0.3) is 0 Å². The lowest BCUT2D eigenvalue weighted by atomic mass is 10.1. The van der Waals surface area contributed by atoms with E-state index in [1.54, 1.807) is 0 Å². The van der Waals surface area contributed by atoms with Crippen LogP contribution in [0.1, 0.15) is 11.1 Å². The average molecular weight is 193 g/mol. The number of hydrogen-bond acceptors (Lipinski definition) is 2. The maximum absolute atomic E-state index is 11.3. The minimum Gasteiger partial charge on any atom is -0.395 e. The number of aliphatic hydroxyl groups is 1. The summed E-state index contributed by atoms with van der Waals surface area (Å²) in [6.45, 7) is 2.30. The van der Waals surface area contributed by atoms with Crippen molar-refractivity contribution >= 4 is 5.91 Å². The van der Waals surface area contributed by atoms with E-state index in [9.17, 15) is 4.79 Å². The van der Waals surface area contributed by atoms with E-state index in [1.165, 1.54) is 0 Å². The van der Waals surface area contributed by atoms with E-state index in [0.717, 1.165) is 11.1 Å². The van der Waals surface area contributed by atoms with E-state index < -0.39 is 0 Å². The highest BCUT2D eigenvalue weighted by Gasteiger charge is 2.01. The van der Waals surface area contributed by atoms with Crippen LogP contribution in [0.4, 0.5) is 0 Å². The molecule has 0 atom stereocenters. The van der Waals surface area contributed by atoms with Gasteiger partial charge in [0.05, 0.1) is 13.0 Å². The van der Waals surface area contributed by atoms with Gasteiger partial charge in [-0.15, -0.1) is 0 Å². The molecule has 0 aliphatic carbocycles. The molecule has 0 radical (unpaired) electrons. The molecule has 0 saturated carbocycles. The van der Waals surface area contributed by atoms with Crippen LogP contribution in [0.25, 0.3) is 0 Å². The van der Waals surface area contributed by atoms with Gasteiger partial charge in [-0.05, 0) is 12.5 Å². The Balaban J connectivity index is 2.47. The van der Waals surface area contributed by atoms with Crippen LogP contribution in [0.2, 0.25) is 0 Å². The largest absolute Gasteiger partial charge is 0.395 e. The van der Waals surface area contributed by atoms with Crippen molar-refractivity contribution in [2.45, 2.75) is 13.3 Å². The van der Waals surface area contributed by atoms with Crippen molar-refractivity contribution in [3.8, 4) is 0 Å². The molecule has 0 unspecified atom stereocenters. The summed E-state index contributed by atoms with van der Waals surface area (Å²) in [7, 11) is 0. The number of hydrogen-bond donors (Lipinski definition) is 2. The molecule has 0 spiro atoms.